The summed E-state index contributed by atoms with van der Waals surface area (Å²) in [6.07, 6.45) is 2.84. The molecule has 3 nitrogen and oxygen atoms in total. The van der Waals surface area contributed by atoms with E-state index >= 15 is 0 Å². The smallest absolute Gasteiger partial charge is 0.316 e. The number of rotatable bonds is 4. The van der Waals surface area contributed by atoms with Gasteiger partial charge in [-0.3, -0.25) is 4.79 Å². The van der Waals surface area contributed by atoms with Crippen LogP contribution in [0.25, 0.3) is 0 Å². The van der Waals surface area contributed by atoms with Crippen molar-refractivity contribution >= 4 is 5.97 Å². The second kappa shape index (κ2) is 5.24. The van der Waals surface area contributed by atoms with Crippen LogP contribution in [0.15, 0.2) is 18.2 Å². The largest absolute Gasteiger partial charge is 0.496 e. The lowest BCUT2D eigenvalue weighted by atomic mass is 9.64. The highest BCUT2D eigenvalue weighted by molar-refractivity contribution is 5.84. The molecule has 1 fully saturated rings. The zero-order valence-corrected chi connectivity index (χ0v) is 12.2. The van der Waals surface area contributed by atoms with Crippen molar-refractivity contribution in [3.63, 3.8) is 0 Å². The number of benzene rings is 1. The van der Waals surface area contributed by atoms with E-state index in [2.05, 4.69) is 19.9 Å². The molecule has 0 atom stereocenters. The first-order valence-corrected chi connectivity index (χ1v) is 6.82. The summed E-state index contributed by atoms with van der Waals surface area (Å²) in [5, 5.41) is 0. The maximum atomic E-state index is 12.1. The van der Waals surface area contributed by atoms with Gasteiger partial charge in [-0.1, -0.05) is 32.4 Å². The van der Waals surface area contributed by atoms with E-state index in [-0.39, 0.29) is 5.97 Å². The fourth-order valence-electron chi connectivity index (χ4n) is 2.82. The van der Waals surface area contributed by atoms with Crippen molar-refractivity contribution in [2.24, 2.45) is 0 Å². The SMILES string of the molecule is COC(=O)C1(c2ccc(OC)c(C(C)C)c2)CCC1. The first kappa shape index (κ1) is 13.9. The van der Waals surface area contributed by atoms with E-state index in [1.807, 2.05) is 12.1 Å². The molecule has 0 bridgehead atoms. The van der Waals surface area contributed by atoms with Gasteiger partial charge >= 0.3 is 5.97 Å². The van der Waals surface area contributed by atoms with Gasteiger partial charge < -0.3 is 9.47 Å². The Morgan fingerprint density at radius 3 is 2.37 bits per heavy atom. The Labute approximate surface area is 114 Å². The van der Waals surface area contributed by atoms with E-state index in [4.69, 9.17) is 9.47 Å². The van der Waals surface area contributed by atoms with Crippen molar-refractivity contribution in [2.75, 3.05) is 14.2 Å². The van der Waals surface area contributed by atoms with Gasteiger partial charge in [0.2, 0.25) is 0 Å². The molecule has 0 N–H and O–H groups in total. The Morgan fingerprint density at radius 2 is 1.95 bits per heavy atom. The Kier molecular flexibility index (Phi) is 3.83. The first-order valence-electron chi connectivity index (χ1n) is 6.82. The van der Waals surface area contributed by atoms with Gasteiger partial charge in [0.15, 0.2) is 0 Å². The van der Waals surface area contributed by atoms with Crippen molar-refractivity contribution in [1.82, 2.24) is 0 Å². The van der Waals surface area contributed by atoms with Gasteiger partial charge in [-0.2, -0.15) is 0 Å². The molecule has 0 heterocycles. The predicted octanol–water partition coefficient (Wildman–Crippen LogP) is 3.41. The average Bonchev–Trinajstić information content (AvgIpc) is 2.36. The Morgan fingerprint density at radius 1 is 1.26 bits per heavy atom. The number of carbonyl (C=O) groups excluding carboxylic acids is 1. The van der Waals surface area contributed by atoms with Crippen LogP contribution in [0.3, 0.4) is 0 Å². The molecule has 2 rings (SSSR count). The standard InChI is InChI=1S/C16H22O3/c1-11(2)13-10-12(6-7-14(13)18-3)16(8-5-9-16)15(17)19-4/h6-7,10-11H,5,8-9H2,1-4H3. The number of hydrogen-bond donors (Lipinski definition) is 0. The summed E-state index contributed by atoms with van der Waals surface area (Å²) in [5.41, 5.74) is 1.79. The van der Waals surface area contributed by atoms with Crippen LogP contribution < -0.4 is 4.74 Å². The maximum Gasteiger partial charge on any atom is 0.316 e. The summed E-state index contributed by atoms with van der Waals surface area (Å²) in [7, 11) is 3.15. The van der Waals surface area contributed by atoms with Crippen LogP contribution in [0.4, 0.5) is 0 Å². The molecule has 1 aromatic carbocycles. The van der Waals surface area contributed by atoms with Crippen LogP contribution in [0.5, 0.6) is 5.75 Å². The Hall–Kier alpha value is -1.51. The Bertz CT molecular complexity index is 473. The minimum atomic E-state index is -0.426. The van der Waals surface area contributed by atoms with Crippen molar-refractivity contribution in [2.45, 2.75) is 44.4 Å². The topological polar surface area (TPSA) is 35.5 Å². The lowest BCUT2D eigenvalue weighted by molar-refractivity contribution is -0.151. The van der Waals surface area contributed by atoms with Crippen LogP contribution in [0.2, 0.25) is 0 Å². The van der Waals surface area contributed by atoms with Gasteiger partial charge in [0, 0.05) is 0 Å². The maximum absolute atomic E-state index is 12.1. The van der Waals surface area contributed by atoms with Gasteiger partial charge in [-0.15, -0.1) is 0 Å². The lowest BCUT2D eigenvalue weighted by Gasteiger charge is -2.39. The van der Waals surface area contributed by atoms with Crippen LogP contribution in [-0.2, 0) is 14.9 Å². The summed E-state index contributed by atoms with van der Waals surface area (Å²) in [6, 6.07) is 6.08. The third kappa shape index (κ3) is 2.22. The molecule has 0 saturated heterocycles. The zero-order valence-electron chi connectivity index (χ0n) is 12.2. The molecule has 3 heteroatoms. The van der Waals surface area contributed by atoms with Gasteiger partial charge in [0.25, 0.3) is 0 Å². The summed E-state index contributed by atoms with van der Waals surface area (Å²) in [4.78, 5) is 12.1. The van der Waals surface area contributed by atoms with E-state index in [9.17, 15) is 4.79 Å². The molecule has 0 aromatic heterocycles. The minimum Gasteiger partial charge on any atom is -0.496 e. The number of ether oxygens (including phenoxy) is 2. The van der Waals surface area contributed by atoms with Crippen LogP contribution in [-0.4, -0.2) is 20.2 Å². The fraction of sp³-hybridized carbons (Fsp3) is 0.562. The van der Waals surface area contributed by atoms with Gasteiger partial charge in [0.05, 0.1) is 19.6 Å². The molecule has 1 saturated carbocycles. The highest BCUT2D eigenvalue weighted by atomic mass is 16.5. The van der Waals surface area contributed by atoms with Crippen molar-refractivity contribution in [3.8, 4) is 5.75 Å². The summed E-state index contributed by atoms with van der Waals surface area (Å²) >= 11 is 0. The third-order valence-corrected chi connectivity index (χ3v) is 4.19. The average molecular weight is 262 g/mol. The van der Waals surface area contributed by atoms with E-state index in [0.717, 1.165) is 36.1 Å². The second-order valence-electron chi connectivity index (χ2n) is 5.54. The zero-order chi connectivity index (χ0) is 14.0. The van der Waals surface area contributed by atoms with E-state index in [1.165, 1.54) is 7.11 Å². The molecule has 1 aromatic rings. The highest BCUT2D eigenvalue weighted by Gasteiger charge is 2.47. The van der Waals surface area contributed by atoms with Crippen molar-refractivity contribution in [1.29, 1.82) is 0 Å². The van der Waals surface area contributed by atoms with Gasteiger partial charge in [-0.25, -0.2) is 0 Å². The van der Waals surface area contributed by atoms with Gasteiger partial charge in [0.1, 0.15) is 5.75 Å². The molecular formula is C16H22O3. The number of esters is 1. The first-order chi connectivity index (χ1) is 9.05. The molecular weight excluding hydrogens is 240 g/mol. The molecule has 104 valence electrons. The lowest BCUT2D eigenvalue weighted by Crippen LogP contribution is -2.43. The Balaban J connectivity index is 2.45. The van der Waals surface area contributed by atoms with Crippen molar-refractivity contribution in [3.05, 3.63) is 29.3 Å². The molecule has 19 heavy (non-hydrogen) atoms. The van der Waals surface area contributed by atoms with Gasteiger partial charge in [-0.05, 0) is 36.0 Å². The molecule has 1 aliphatic rings. The normalized spacial score (nSPS) is 16.9. The van der Waals surface area contributed by atoms with E-state index in [1.54, 1.807) is 7.11 Å². The molecule has 1 aliphatic carbocycles. The van der Waals surface area contributed by atoms with E-state index < -0.39 is 5.41 Å². The second-order valence-corrected chi connectivity index (χ2v) is 5.54. The molecule has 0 spiro atoms. The molecule has 0 radical (unpaired) electrons. The quantitative estimate of drug-likeness (QED) is 0.780. The summed E-state index contributed by atoms with van der Waals surface area (Å²) in [6.45, 7) is 4.26. The van der Waals surface area contributed by atoms with Crippen molar-refractivity contribution < 1.29 is 14.3 Å². The predicted molar refractivity (Wildman–Crippen MR) is 74.6 cm³/mol. The number of methoxy groups -OCH3 is 2. The van der Waals surface area contributed by atoms with E-state index in [0.29, 0.717) is 5.92 Å². The molecule has 0 unspecified atom stereocenters. The third-order valence-electron chi connectivity index (χ3n) is 4.19. The number of hydrogen-bond acceptors (Lipinski definition) is 3. The molecule has 0 aliphatic heterocycles. The molecule has 0 amide bonds. The van der Waals surface area contributed by atoms with Crippen LogP contribution in [0, 0.1) is 0 Å². The summed E-state index contributed by atoms with van der Waals surface area (Å²) < 4.78 is 10.4. The number of carbonyl (C=O) groups is 1. The van der Waals surface area contributed by atoms with Crippen LogP contribution >= 0.6 is 0 Å². The monoisotopic (exact) mass is 262 g/mol. The summed E-state index contributed by atoms with van der Waals surface area (Å²) in [5.74, 6) is 1.14. The minimum absolute atomic E-state index is 0.112. The fourth-order valence-corrected chi connectivity index (χ4v) is 2.82. The highest BCUT2D eigenvalue weighted by Crippen LogP contribution is 2.46. The van der Waals surface area contributed by atoms with Crippen LogP contribution in [0.1, 0.15) is 50.2 Å².